The summed E-state index contributed by atoms with van der Waals surface area (Å²) in [5, 5.41) is 6.04. The van der Waals surface area contributed by atoms with E-state index in [0.29, 0.717) is 19.6 Å². The van der Waals surface area contributed by atoms with E-state index in [1.165, 1.54) is 0 Å². The van der Waals surface area contributed by atoms with Crippen LogP contribution in [0.5, 0.6) is 11.5 Å². The topological polar surface area (TPSA) is 59.6 Å². The molecule has 1 atom stereocenters. The quantitative estimate of drug-likeness (QED) is 0.730. The van der Waals surface area contributed by atoms with E-state index in [0.717, 1.165) is 34.5 Å². The van der Waals surface area contributed by atoms with Crippen LogP contribution in [0.25, 0.3) is 0 Å². The zero-order valence-corrected chi connectivity index (χ0v) is 15.2. The molecule has 7 heteroatoms. The van der Waals surface area contributed by atoms with Gasteiger partial charge >= 0.3 is 0 Å². The highest BCUT2D eigenvalue weighted by Crippen LogP contribution is 2.37. The molecule has 1 amide bonds. The van der Waals surface area contributed by atoms with Gasteiger partial charge in [0.1, 0.15) is 13.2 Å². The first-order valence-electron chi connectivity index (χ1n) is 7.15. The number of rotatable bonds is 6. The number of hydrogen-bond acceptors (Lipinski definition) is 4. The molecule has 0 saturated carbocycles. The van der Waals surface area contributed by atoms with Crippen molar-refractivity contribution in [2.24, 2.45) is 0 Å². The molecule has 0 aromatic heterocycles. The van der Waals surface area contributed by atoms with Crippen molar-refractivity contribution in [1.82, 2.24) is 10.6 Å². The Hall–Kier alpha value is -0.980. The SMILES string of the molecule is CNCCCC(=O)NC(C)c1cc2c(cc1Br)OCCO2.Cl. The van der Waals surface area contributed by atoms with Gasteiger partial charge in [0.2, 0.25) is 5.91 Å². The molecule has 1 unspecified atom stereocenters. The molecule has 0 bridgehead atoms. The maximum Gasteiger partial charge on any atom is 0.220 e. The first-order valence-corrected chi connectivity index (χ1v) is 7.94. The number of carbonyl (C=O) groups excluding carboxylic acids is 1. The lowest BCUT2D eigenvalue weighted by Crippen LogP contribution is -2.27. The minimum Gasteiger partial charge on any atom is -0.486 e. The molecule has 22 heavy (non-hydrogen) atoms. The zero-order chi connectivity index (χ0) is 15.2. The van der Waals surface area contributed by atoms with Gasteiger partial charge in [-0.05, 0) is 44.6 Å². The Morgan fingerprint density at radius 2 is 1.95 bits per heavy atom. The standard InChI is InChI=1S/C15H21BrN2O3.ClH/c1-10(18-15(19)4-3-5-17-2)11-8-13-14(9-12(11)16)21-7-6-20-13;/h8-10,17H,3-7H2,1-2H3,(H,18,19);1H. The molecular formula is C15H22BrClN2O3. The van der Waals surface area contributed by atoms with Crippen molar-refractivity contribution in [3.8, 4) is 11.5 Å². The molecule has 2 rings (SSSR count). The van der Waals surface area contributed by atoms with E-state index in [2.05, 4.69) is 26.6 Å². The minimum atomic E-state index is -0.0858. The third kappa shape index (κ3) is 5.04. The third-order valence-electron chi connectivity index (χ3n) is 3.34. The van der Waals surface area contributed by atoms with Gasteiger partial charge in [0.05, 0.1) is 6.04 Å². The Morgan fingerprint density at radius 1 is 1.32 bits per heavy atom. The molecule has 1 aliphatic rings. The zero-order valence-electron chi connectivity index (χ0n) is 12.8. The largest absolute Gasteiger partial charge is 0.486 e. The second-order valence-corrected chi connectivity index (χ2v) is 5.87. The molecule has 0 spiro atoms. The Bertz CT molecular complexity index is 514. The number of benzene rings is 1. The molecule has 0 aliphatic carbocycles. The van der Waals surface area contributed by atoms with E-state index in [1.54, 1.807) is 0 Å². The summed E-state index contributed by atoms with van der Waals surface area (Å²) in [6, 6.07) is 3.74. The lowest BCUT2D eigenvalue weighted by Gasteiger charge is -2.22. The van der Waals surface area contributed by atoms with Gasteiger partial charge in [-0.3, -0.25) is 4.79 Å². The highest BCUT2D eigenvalue weighted by Gasteiger charge is 2.19. The van der Waals surface area contributed by atoms with Crippen molar-refractivity contribution < 1.29 is 14.3 Å². The van der Waals surface area contributed by atoms with Gasteiger partial charge in [0, 0.05) is 10.9 Å². The van der Waals surface area contributed by atoms with E-state index in [1.807, 2.05) is 26.1 Å². The Morgan fingerprint density at radius 3 is 2.59 bits per heavy atom. The predicted molar refractivity (Wildman–Crippen MR) is 92.1 cm³/mol. The molecular weight excluding hydrogens is 372 g/mol. The van der Waals surface area contributed by atoms with Gasteiger partial charge < -0.3 is 20.1 Å². The second kappa shape index (κ2) is 9.22. The molecule has 2 N–H and O–H groups in total. The molecule has 1 aliphatic heterocycles. The van der Waals surface area contributed by atoms with Gasteiger partial charge in [-0.1, -0.05) is 15.9 Å². The maximum absolute atomic E-state index is 11.9. The molecule has 1 heterocycles. The van der Waals surface area contributed by atoms with E-state index in [9.17, 15) is 4.79 Å². The van der Waals surface area contributed by atoms with Crippen molar-refractivity contribution >= 4 is 34.2 Å². The lowest BCUT2D eigenvalue weighted by molar-refractivity contribution is -0.121. The van der Waals surface area contributed by atoms with Crippen molar-refractivity contribution in [2.45, 2.75) is 25.8 Å². The second-order valence-electron chi connectivity index (χ2n) is 5.01. The van der Waals surface area contributed by atoms with Crippen LogP contribution in [-0.4, -0.2) is 32.7 Å². The van der Waals surface area contributed by atoms with Gasteiger partial charge in [-0.25, -0.2) is 0 Å². The van der Waals surface area contributed by atoms with Crippen LogP contribution >= 0.6 is 28.3 Å². The summed E-state index contributed by atoms with van der Waals surface area (Å²) in [7, 11) is 1.88. The Balaban J connectivity index is 0.00000242. The highest BCUT2D eigenvalue weighted by molar-refractivity contribution is 9.10. The normalized spacial score (nSPS) is 14.0. The van der Waals surface area contributed by atoms with Crippen molar-refractivity contribution in [3.63, 3.8) is 0 Å². The number of carbonyl (C=O) groups is 1. The van der Waals surface area contributed by atoms with E-state index in [4.69, 9.17) is 9.47 Å². The molecule has 1 aromatic rings. The lowest BCUT2D eigenvalue weighted by atomic mass is 10.1. The van der Waals surface area contributed by atoms with Gasteiger partial charge in [-0.15, -0.1) is 12.4 Å². The fraction of sp³-hybridized carbons (Fsp3) is 0.533. The Labute approximate surface area is 145 Å². The highest BCUT2D eigenvalue weighted by atomic mass is 79.9. The summed E-state index contributed by atoms with van der Waals surface area (Å²) < 4.78 is 12.0. The van der Waals surface area contributed by atoms with Crippen LogP contribution in [0.3, 0.4) is 0 Å². The van der Waals surface area contributed by atoms with Crippen molar-refractivity contribution in [2.75, 3.05) is 26.8 Å². The summed E-state index contributed by atoms with van der Waals surface area (Å²) in [6.45, 7) is 3.93. The molecule has 124 valence electrons. The maximum atomic E-state index is 11.9. The van der Waals surface area contributed by atoms with Crippen LogP contribution in [0.15, 0.2) is 16.6 Å². The minimum absolute atomic E-state index is 0. The summed E-state index contributed by atoms with van der Waals surface area (Å²) in [5.74, 6) is 1.53. The summed E-state index contributed by atoms with van der Waals surface area (Å²) in [4.78, 5) is 11.9. The fourth-order valence-corrected chi connectivity index (χ4v) is 2.89. The average Bonchev–Trinajstić information content (AvgIpc) is 2.46. The number of amides is 1. The van der Waals surface area contributed by atoms with Crippen molar-refractivity contribution in [1.29, 1.82) is 0 Å². The van der Waals surface area contributed by atoms with Gasteiger partial charge in [0.15, 0.2) is 11.5 Å². The van der Waals surface area contributed by atoms with E-state index in [-0.39, 0.29) is 24.4 Å². The molecule has 0 radical (unpaired) electrons. The van der Waals surface area contributed by atoms with E-state index >= 15 is 0 Å². The first-order chi connectivity index (χ1) is 10.1. The van der Waals surface area contributed by atoms with Crippen LogP contribution in [-0.2, 0) is 4.79 Å². The van der Waals surface area contributed by atoms with Crippen molar-refractivity contribution in [3.05, 3.63) is 22.2 Å². The first kappa shape index (κ1) is 19.1. The smallest absolute Gasteiger partial charge is 0.220 e. The molecule has 0 fully saturated rings. The number of ether oxygens (including phenoxy) is 2. The van der Waals surface area contributed by atoms with Crippen LogP contribution in [0, 0.1) is 0 Å². The van der Waals surface area contributed by atoms with Crippen LogP contribution < -0.4 is 20.1 Å². The number of nitrogens with one attached hydrogen (secondary N) is 2. The monoisotopic (exact) mass is 392 g/mol. The predicted octanol–water partition coefficient (Wildman–Crippen LogP) is 2.82. The molecule has 0 saturated heterocycles. The van der Waals surface area contributed by atoms with Crippen LogP contribution in [0.2, 0.25) is 0 Å². The molecule has 5 nitrogen and oxygen atoms in total. The average molecular weight is 394 g/mol. The summed E-state index contributed by atoms with van der Waals surface area (Å²) in [6.07, 6.45) is 1.35. The Kier molecular flexibility index (Phi) is 8.00. The van der Waals surface area contributed by atoms with Crippen LogP contribution in [0.4, 0.5) is 0 Å². The molecule has 1 aromatic carbocycles. The van der Waals surface area contributed by atoms with E-state index < -0.39 is 0 Å². The van der Waals surface area contributed by atoms with Gasteiger partial charge in [0.25, 0.3) is 0 Å². The number of hydrogen-bond donors (Lipinski definition) is 2. The number of halogens is 2. The summed E-state index contributed by atoms with van der Waals surface area (Å²) in [5.41, 5.74) is 0.987. The number of fused-ring (bicyclic) bond motifs is 1. The summed E-state index contributed by atoms with van der Waals surface area (Å²) >= 11 is 3.53. The van der Waals surface area contributed by atoms with Crippen LogP contribution in [0.1, 0.15) is 31.4 Å². The fourth-order valence-electron chi connectivity index (χ4n) is 2.23. The third-order valence-corrected chi connectivity index (χ3v) is 4.02. The van der Waals surface area contributed by atoms with Gasteiger partial charge in [-0.2, -0.15) is 0 Å².